The van der Waals surface area contributed by atoms with Gasteiger partial charge in [-0.25, -0.2) is 4.79 Å². The number of benzene rings is 1. The number of esters is 1. The van der Waals surface area contributed by atoms with E-state index in [9.17, 15) is 13.6 Å². The minimum absolute atomic E-state index is 0.0577. The summed E-state index contributed by atoms with van der Waals surface area (Å²) >= 11 is 0. The standard InChI is InChI=1S/C10H8F2O4.C2H6/c1-5-3-6(9(13)14-2)4-7-8(5)16-10(11,12)15-7;1-2/h3-4H,1-2H3;1-2H3. The molecule has 0 aliphatic carbocycles. The van der Waals surface area contributed by atoms with E-state index in [1.807, 2.05) is 13.8 Å². The molecule has 6 heteroatoms. The van der Waals surface area contributed by atoms with Crippen LogP contribution in [0.25, 0.3) is 0 Å². The number of ether oxygens (including phenoxy) is 3. The van der Waals surface area contributed by atoms with Crippen molar-refractivity contribution < 1.29 is 27.8 Å². The van der Waals surface area contributed by atoms with Gasteiger partial charge in [0, 0.05) is 0 Å². The summed E-state index contributed by atoms with van der Waals surface area (Å²) in [5.41, 5.74) is 0.523. The van der Waals surface area contributed by atoms with Crippen molar-refractivity contribution in [2.75, 3.05) is 7.11 Å². The quantitative estimate of drug-likeness (QED) is 0.728. The number of hydrogen-bond donors (Lipinski definition) is 0. The van der Waals surface area contributed by atoms with Gasteiger partial charge in [-0.3, -0.25) is 0 Å². The molecule has 0 bridgehead atoms. The zero-order chi connectivity index (χ0) is 13.9. The van der Waals surface area contributed by atoms with Crippen molar-refractivity contribution in [2.45, 2.75) is 27.1 Å². The first-order valence-electron chi connectivity index (χ1n) is 5.42. The third-order valence-corrected chi connectivity index (χ3v) is 2.11. The minimum Gasteiger partial charge on any atom is -0.465 e. The number of carbonyl (C=O) groups is 1. The second-order valence-corrected chi connectivity index (χ2v) is 3.28. The van der Waals surface area contributed by atoms with Crippen LogP contribution < -0.4 is 9.47 Å². The maximum atomic E-state index is 12.8. The number of hydrogen-bond acceptors (Lipinski definition) is 4. The van der Waals surface area contributed by atoms with Crippen LogP contribution in [-0.4, -0.2) is 19.4 Å². The summed E-state index contributed by atoms with van der Waals surface area (Å²) in [6.07, 6.45) is -3.68. The van der Waals surface area contributed by atoms with Gasteiger partial charge < -0.3 is 14.2 Å². The van der Waals surface area contributed by atoms with E-state index in [1.165, 1.54) is 20.1 Å². The third kappa shape index (κ3) is 2.69. The first-order chi connectivity index (χ1) is 8.43. The molecule has 0 spiro atoms. The fraction of sp³-hybridized carbons (Fsp3) is 0.417. The predicted molar refractivity (Wildman–Crippen MR) is 60.1 cm³/mol. The molecule has 0 saturated carbocycles. The van der Waals surface area contributed by atoms with Crippen molar-refractivity contribution in [3.8, 4) is 11.5 Å². The zero-order valence-corrected chi connectivity index (χ0v) is 10.5. The second-order valence-electron chi connectivity index (χ2n) is 3.28. The highest BCUT2D eigenvalue weighted by atomic mass is 19.3. The van der Waals surface area contributed by atoms with Gasteiger partial charge in [0.1, 0.15) is 0 Å². The van der Waals surface area contributed by atoms with Crippen molar-refractivity contribution in [1.29, 1.82) is 0 Å². The van der Waals surface area contributed by atoms with E-state index in [0.29, 0.717) is 5.56 Å². The number of rotatable bonds is 1. The summed E-state index contributed by atoms with van der Waals surface area (Å²) in [6.45, 7) is 5.54. The normalized spacial score (nSPS) is 14.6. The molecule has 0 fully saturated rings. The predicted octanol–water partition coefficient (Wildman–Crippen LogP) is 3.13. The Bertz CT molecular complexity index is 458. The monoisotopic (exact) mass is 260 g/mol. The van der Waals surface area contributed by atoms with Crippen LogP contribution in [0.5, 0.6) is 11.5 Å². The molecule has 2 rings (SSSR count). The van der Waals surface area contributed by atoms with Crippen LogP contribution in [0.1, 0.15) is 29.8 Å². The Morgan fingerprint density at radius 3 is 2.44 bits per heavy atom. The van der Waals surface area contributed by atoms with E-state index in [1.54, 1.807) is 0 Å². The van der Waals surface area contributed by atoms with E-state index < -0.39 is 12.3 Å². The number of methoxy groups -OCH3 is 1. The lowest BCUT2D eigenvalue weighted by Gasteiger charge is -2.04. The Morgan fingerprint density at radius 1 is 1.28 bits per heavy atom. The van der Waals surface area contributed by atoms with Crippen LogP contribution in [0.15, 0.2) is 12.1 Å². The minimum atomic E-state index is -3.68. The summed E-state index contributed by atoms with van der Waals surface area (Å²) in [6, 6.07) is 2.56. The summed E-state index contributed by atoms with van der Waals surface area (Å²) in [7, 11) is 1.21. The highest BCUT2D eigenvalue weighted by Crippen LogP contribution is 2.43. The molecule has 100 valence electrons. The molecule has 18 heavy (non-hydrogen) atoms. The number of aryl methyl sites for hydroxylation is 1. The van der Waals surface area contributed by atoms with Gasteiger partial charge in [0.25, 0.3) is 0 Å². The highest BCUT2D eigenvalue weighted by Gasteiger charge is 2.44. The van der Waals surface area contributed by atoms with Crippen LogP contribution >= 0.6 is 0 Å². The maximum Gasteiger partial charge on any atom is 0.586 e. The Kier molecular flexibility index (Phi) is 4.11. The molecule has 1 aliphatic rings. The molecule has 1 heterocycles. The molecule has 1 aliphatic heterocycles. The third-order valence-electron chi connectivity index (χ3n) is 2.11. The summed E-state index contributed by atoms with van der Waals surface area (Å²) in [4.78, 5) is 11.2. The average molecular weight is 260 g/mol. The lowest BCUT2D eigenvalue weighted by Crippen LogP contribution is -2.26. The van der Waals surface area contributed by atoms with Gasteiger partial charge in [-0.1, -0.05) is 13.8 Å². The van der Waals surface area contributed by atoms with Crippen LogP contribution in [0, 0.1) is 6.92 Å². The fourth-order valence-electron chi connectivity index (χ4n) is 1.45. The average Bonchev–Trinajstić information content (AvgIpc) is 2.65. The van der Waals surface area contributed by atoms with Gasteiger partial charge in [0.15, 0.2) is 11.5 Å². The van der Waals surface area contributed by atoms with Crippen LogP contribution in [0.3, 0.4) is 0 Å². The van der Waals surface area contributed by atoms with Crippen molar-refractivity contribution in [3.63, 3.8) is 0 Å². The van der Waals surface area contributed by atoms with Gasteiger partial charge in [-0.05, 0) is 24.6 Å². The molecule has 0 amide bonds. The lowest BCUT2D eigenvalue weighted by atomic mass is 10.1. The zero-order valence-electron chi connectivity index (χ0n) is 10.5. The summed E-state index contributed by atoms with van der Waals surface area (Å²) in [5, 5.41) is 0. The Balaban J connectivity index is 0.000000771. The molecule has 0 N–H and O–H groups in total. The van der Waals surface area contributed by atoms with E-state index in [0.717, 1.165) is 6.07 Å². The van der Waals surface area contributed by atoms with E-state index in [-0.39, 0.29) is 17.1 Å². The largest absolute Gasteiger partial charge is 0.586 e. The maximum absolute atomic E-state index is 12.8. The van der Waals surface area contributed by atoms with E-state index in [4.69, 9.17) is 0 Å². The summed E-state index contributed by atoms with van der Waals surface area (Å²) < 4.78 is 38.6. The molecular weight excluding hydrogens is 246 g/mol. The van der Waals surface area contributed by atoms with Crippen molar-refractivity contribution >= 4 is 5.97 Å². The number of halogens is 2. The second kappa shape index (κ2) is 5.20. The Hall–Kier alpha value is -1.85. The van der Waals surface area contributed by atoms with Crippen molar-refractivity contribution in [3.05, 3.63) is 23.3 Å². The fourth-order valence-corrected chi connectivity index (χ4v) is 1.45. The number of alkyl halides is 2. The molecule has 0 aromatic heterocycles. The molecular formula is C12H14F2O4. The summed E-state index contributed by atoms with van der Waals surface area (Å²) in [5.74, 6) is -0.840. The SMILES string of the molecule is CC.COC(=O)c1cc(C)c2c(c1)OC(F)(F)O2. The van der Waals surface area contributed by atoms with Crippen LogP contribution in [0.4, 0.5) is 8.78 Å². The van der Waals surface area contributed by atoms with Gasteiger partial charge in [-0.2, -0.15) is 0 Å². The van der Waals surface area contributed by atoms with Gasteiger partial charge in [0.2, 0.25) is 0 Å². The van der Waals surface area contributed by atoms with Crippen molar-refractivity contribution in [1.82, 2.24) is 0 Å². The van der Waals surface area contributed by atoms with E-state index >= 15 is 0 Å². The first kappa shape index (κ1) is 14.2. The van der Waals surface area contributed by atoms with Crippen LogP contribution in [0.2, 0.25) is 0 Å². The lowest BCUT2D eigenvalue weighted by molar-refractivity contribution is -0.286. The van der Waals surface area contributed by atoms with Crippen LogP contribution in [-0.2, 0) is 4.74 Å². The molecule has 0 unspecified atom stereocenters. The molecule has 4 nitrogen and oxygen atoms in total. The Morgan fingerprint density at radius 2 is 1.89 bits per heavy atom. The topological polar surface area (TPSA) is 44.8 Å². The van der Waals surface area contributed by atoms with Gasteiger partial charge in [0.05, 0.1) is 12.7 Å². The first-order valence-corrected chi connectivity index (χ1v) is 5.42. The number of fused-ring (bicyclic) bond motifs is 1. The molecule has 1 aromatic carbocycles. The van der Waals surface area contributed by atoms with Crippen molar-refractivity contribution in [2.24, 2.45) is 0 Å². The van der Waals surface area contributed by atoms with E-state index in [2.05, 4.69) is 14.2 Å². The molecule has 0 atom stereocenters. The molecule has 0 saturated heterocycles. The highest BCUT2D eigenvalue weighted by molar-refractivity contribution is 5.90. The van der Waals surface area contributed by atoms with Gasteiger partial charge in [-0.15, -0.1) is 8.78 Å². The molecule has 1 aromatic rings. The smallest absolute Gasteiger partial charge is 0.465 e. The molecule has 0 radical (unpaired) electrons. The number of carbonyl (C=O) groups excluding carboxylic acids is 1. The van der Waals surface area contributed by atoms with Gasteiger partial charge >= 0.3 is 12.3 Å². The Labute approximate surface area is 103 Å².